The van der Waals surface area contributed by atoms with E-state index in [1.165, 1.54) is 34.3 Å². The van der Waals surface area contributed by atoms with E-state index in [9.17, 15) is 13.2 Å². The quantitative estimate of drug-likeness (QED) is 0.238. The van der Waals surface area contributed by atoms with Crippen LogP contribution in [0.15, 0.2) is 52.4 Å². The monoisotopic (exact) mass is 558 g/mol. The first-order valence-corrected chi connectivity index (χ1v) is 14.1. The second-order valence-corrected chi connectivity index (χ2v) is 11.8. The Bertz CT molecular complexity index is 1540. The molecule has 1 unspecified atom stereocenters. The van der Waals surface area contributed by atoms with Crippen LogP contribution in [0.1, 0.15) is 63.7 Å². The minimum absolute atomic E-state index is 0.182. The number of aryl methyl sites for hydroxylation is 2. The Balaban J connectivity index is 1.32. The number of aromatic nitrogens is 3. The average molecular weight is 559 g/mol. The molecule has 0 spiro atoms. The van der Waals surface area contributed by atoms with E-state index in [-0.39, 0.29) is 6.04 Å². The molecule has 2 aromatic heterocycles. The highest BCUT2D eigenvalue weighted by Gasteiger charge is 2.33. The van der Waals surface area contributed by atoms with E-state index in [2.05, 4.69) is 14.8 Å². The molecule has 1 aliphatic carbocycles. The van der Waals surface area contributed by atoms with E-state index in [0.29, 0.717) is 10.8 Å². The van der Waals surface area contributed by atoms with Crippen molar-refractivity contribution in [3.05, 3.63) is 91.8 Å². The van der Waals surface area contributed by atoms with Crippen molar-refractivity contribution in [3.63, 3.8) is 0 Å². The van der Waals surface area contributed by atoms with Gasteiger partial charge in [0.2, 0.25) is 0 Å². The highest BCUT2D eigenvalue weighted by atomic mass is 35.5. The Morgan fingerprint density at radius 3 is 2.62 bits per heavy atom. The highest BCUT2D eigenvalue weighted by molar-refractivity contribution is 7.98. The third-order valence-electron chi connectivity index (χ3n) is 6.76. The normalized spacial score (nSPS) is 16.7. The van der Waals surface area contributed by atoms with Gasteiger partial charge in [-0.2, -0.15) is 13.2 Å². The first-order valence-electron chi connectivity index (χ1n) is 11.9. The molecule has 0 radical (unpaired) electrons. The maximum absolute atomic E-state index is 12.8. The van der Waals surface area contributed by atoms with E-state index in [0.717, 1.165) is 75.3 Å². The van der Waals surface area contributed by atoms with Gasteiger partial charge in [-0.15, -0.1) is 33.3 Å². The fourth-order valence-corrected chi connectivity index (χ4v) is 7.54. The third kappa shape index (κ3) is 4.41. The summed E-state index contributed by atoms with van der Waals surface area (Å²) in [6.45, 7) is 4.00. The van der Waals surface area contributed by atoms with Crippen LogP contribution in [0.2, 0.25) is 5.02 Å². The molecule has 2 aliphatic rings. The molecule has 0 saturated heterocycles. The second kappa shape index (κ2) is 9.29. The molecule has 190 valence electrons. The maximum Gasteiger partial charge on any atom is 0.416 e. The molecule has 6 rings (SSSR count). The second-order valence-electron chi connectivity index (χ2n) is 9.26. The molecule has 4 nitrogen and oxygen atoms in total. The summed E-state index contributed by atoms with van der Waals surface area (Å²) < 4.78 is 40.7. The number of benzene rings is 2. The average Bonchev–Trinajstić information content (AvgIpc) is 3.53. The van der Waals surface area contributed by atoms with Crippen LogP contribution >= 0.6 is 34.7 Å². The van der Waals surface area contributed by atoms with Crippen LogP contribution in [-0.2, 0) is 24.8 Å². The van der Waals surface area contributed by atoms with E-state index < -0.39 is 11.7 Å². The number of hydrogen-bond acceptors (Lipinski definition) is 5. The lowest BCUT2D eigenvalue weighted by Crippen LogP contribution is -2.09. The summed E-state index contributed by atoms with van der Waals surface area (Å²) in [6.07, 6.45) is -1.11. The van der Waals surface area contributed by atoms with Crippen LogP contribution in [-0.4, -0.2) is 20.5 Å². The van der Waals surface area contributed by atoms with Gasteiger partial charge >= 0.3 is 6.18 Å². The summed E-state index contributed by atoms with van der Waals surface area (Å²) in [5, 5.41) is 10.5. The zero-order valence-electron chi connectivity index (χ0n) is 20.1. The van der Waals surface area contributed by atoms with Crippen molar-refractivity contribution in [1.82, 2.24) is 14.8 Å². The number of rotatable bonds is 4. The number of hydrogen-bond donors (Lipinski definition) is 0. The summed E-state index contributed by atoms with van der Waals surface area (Å²) in [6, 6.07) is 11.0. The van der Waals surface area contributed by atoms with Gasteiger partial charge in [-0.1, -0.05) is 23.7 Å². The predicted octanol–water partition coefficient (Wildman–Crippen LogP) is 8.00. The standard InChI is InChI=1S/C27H22ClF3N4S2/c1-14-25-34-33-15(2)35(25)26-23(20-4-3-5-22(20)37-26)24(32-14)19-11-6-16(12-21(19)28)13-36-18-9-7-17(8-10-18)27(29,30)31/h6-12,14H,3-5,13H2,1-2H3. The van der Waals surface area contributed by atoms with Crippen molar-refractivity contribution in [2.24, 2.45) is 4.99 Å². The Morgan fingerprint density at radius 1 is 1.11 bits per heavy atom. The Kier molecular flexibility index (Phi) is 6.20. The lowest BCUT2D eigenvalue weighted by molar-refractivity contribution is -0.137. The number of alkyl halides is 3. The van der Waals surface area contributed by atoms with Gasteiger partial charge in [0, 0.05) is 26.7 Å². The molecule has 0 fully saturated rings. The van der Waals surface area contributed by atoms with E-state index in [1.54, 1.807) is 11.3 Å². The van der Waals surface area contributed by atoms with Crippen LogP contribution in [0.3, 0.4) is 0 Å². The van der Waals surface area contributed by atoms with Gasteiger partial charge in [0.15, 0.2) is 5.82 Å². The predicted molar refractivity (Wildman–Crippen MR) is 143 cm³/mol. The van der Waals surface area contributed by atoms with Gasteiger partial charge in [0.1, 0.15) is 16.9 Å². The van der Waals surface area contributed by atoms with Crippen LogP contribution in [0, 0.1) is 6.92 Å². The van der Waals surface area contributed by atoms with E-state index >= 15 is 0 Å². The molecule has 1 atom stereocenters. The van der Waals surface area contributed by atoms with Gasteiger partial charge in [0.25, 0.3) is 0 Å². The van der Waals surface area contributed by atoms with Gasteiger partial charge in [-0.25, -0.2) is 0 Å². The summed E-state index contributed by atoms with van der Waals surface area (Å²) in [5.41, 5.74) is 4.60. The first kappa shape index (κ1) is 24.7. The summed E-state index contributed by atoms with van der Waals surface area (Å²) in [7, 11) is 0. The minimum Gasteiger partial charge on any atom is -0.273 e. The molecule has 0 bridgehead atoms. The Morgan fingerprint density at radius 2 is 1.89 bits per heavy atom. The fourth-order valence-electron chi connectivity index (χ4n) is 4.96. The first-order chi connectivity index (χ1) is 17.7. The molecule has 10 heteroatoms. The van der Waals surface area contributed by atoms with Crippen LogP contribution in [0.25, 0.3) is 5.00 Å². The molecule has 0 amide bonds. The molecule has 4 aromatic rings. The van der Waals surface area contributed by atoms with Gasteiger partial charge in [-0.3, -0.25) is 9.56 Å². The number of fused-ring (bicyclic) bond motifs is 5. The van der Waals surface area contributed by atoms with Crippen molar-refractivity contribution >= 4 is 40.4 Å². The summed E-state index contributed by atoms with van der Waals surface area (Å²) in [5.74, 6) is 2.27. The summed E-state index contributed by atoms with van der Waals surface area (Å²) >= 11 is 10.1. The maximum atomic E-state index is 12.8. The molecular weight excluding hydrogens is 537 g/mol. The lowest BCUT2D eigenvalue weighted by Gasteiger charge is -2.13. The van der Waals surface area contributed by atoms with Crippen LogP contribution < -0.4 is 0 Å². The van der Waals surface area contributed by atoms with Crippen LogP contribution in [0.4, 0.5) is 13.2 Å². The molecule has 3 heterocycles. The van der Waals surface area contributed by atoms with Gasteiger partial charge in [0.05, 0.1) is 16.3 Å². The molecular formula is C27H22ClF3N4S2. The topological polar surface area (TPSA) is 43.1 Å². The zero-order valence-corrected chi connectivity index (χ0v) is 22.5. The highest BCUT2D eigenvalue weighted by Crippen LogP contribution is 2.43. The third-order valence-corrected chi connectivity index (χ3v) is 9.44. The smallest absolute Gasteiger partial charge is 0.273 e. The molecule has 1 aliphatic heterocycles. The summed E-state index contributed by atoms with van der Waals surface area (Å²) in [4.78, 5) is 7.29. The Hall–Kier alpha value is -2.62. The number of thioether (sulfide) groups is 1. The molecule has 0 saturated carbocycles. The van der Waals surface area contributed by atoms with E-state index in [1.807, 2.05) is 32.0 Å². The van der Waals surface area contributed by atoms with Crippen molar-refractivity contribution in [2.45, 2.75) is 56.0 Å². The molecule has 37 heavy (non-hydrogen) atoms. The van der Waals surface area contributed by atoms with Crippen molar-refractivity contribution < 1.29 is 13.2 Å². The minimum atomic E-state index is -4.33. The molecule has 2 aromatic carbocycles. The number of thiophene rings is 1. The number of aliphatic imine (C=N–C) groups is 1. The van der Waals surface area contributed by atoms with Gasteiger partial charge < -0.3 is 0 Å². The number of nitrogens with zero attached hydrogens (tertiary/aromatic N) is 4. The van der Waals surface area contributed by atoms with E-state index in [4.69, 9.17) is 16.6 Å². The fraction of sp³-hybridized carbons (Fsp3) is 0.296. The van der Waals surface area contributed by atoms with Crippen molar-refractivity contribution in [1.29, 1.82) is 0 Å². The van der Waals surface area contributed by atoms with Crippen LogP contribution in [0.5, 0.6) is 0 Å². The molecule has 0 N–H and O–H groups in total. The largest absolute Gasteiger partial charge is 0.416 e. The lowest BCUT2D eigenvalue weighted by atomic mass is 9.98. The van der Waals surface area contributed by atoms with Gasteiger partial charge in [-0.05, 0) is 74.6 Å². The SMILES string of the molecule is Cc1nnc2n1-c1sc3c(c1C(c1ccc(CSc4ccc(C(F)(F)F)cc4)cc1Cl)=NC2C)CCC3. The van der Waals surface area contributed by atoms with Crippen molar-refractivity contribution in [2.75, 3.05) is 0 Å². The Labute approximate surface area is 225 Å². The van der Waals surface area contributed by atoms with Crippen molar-refractivity contribution in [3.8, 4) is 5.00 Å². The zero-order chi connectivity index (χ0) is 25.9. The number of halogens is 4.